The number of hydrogen-bond acceptors (Lipinski definition) is 2. The number of fused-ring (bicyclic) bond motifs is 6. The second kappa shape index (κ2) is 4.03. The maximum absolute atomic E-state index is 12.8. The SMILES string of the molecule is O=c1n(-c2ccc3ccccc3c2)c(O)c2n1[C@H]1CC[C@@H]2C1. The first-order valence-electron chi connectivity index (χ1n) is 7.79. The molecule has 5 rings (SSSR count). The van der Waals surface area contributed by atoms with Gasteiger partial charge >= 0.3 is 5.69 Å². The van der Waals surface area contributed by atoms with Crippen molar-refractivity contribution in [1.29, 1.82) is 0 Å². The third-order valence-electron chi connectivity index (χ3n) is 5.25. The van der Waals surface area contributed by atoms with E-state index < -0.39 is 0 Å². The average molecular weight is 292 g/mol. The molecule has 1 aromatic heterocycles. The Kier molecular flexibility index (Phi) is 2.22. The molecule has 2 heterocycles. The van der Waals surface area contributed by atoms with Crippen LogP contribution in [0.3, 0.4) is 0 Å². The number of benzene rings is 2. The maximum Gasteiger partial charge on any atom is 0.336 e. The van der Waals surface area contributed by atoms with Crippen molar-refractivity contribution in [2.24, 2.45) is 0 Å². The van der Waals surface area contributed by atoms with Crippen LogP contribution in [-0.2, 0) is 0 Å². The van der Waals surface area contributed by atoms with Gasteiger partial charge in [0.05, 0.1) is 11.4 Å². The van der Waals surface area contributed by atoms with Crippen LogP contribution >= 0.6 is 0 Å². The minimum atomic E-state index is -0.102. The van der Waals surface area contributed by atoms with Crippen molar-refractivity contribution in [2.75, 3.05) is 0 Å². The predicted molar refractivity (Wildman–Crippen MR) is 84.8 cm³/mol. The topological polar surface area (TPSA) is 47.2 Å². The van der Waals surface area contributed by atoms with Crippen LogP contribution in [0.15, 0.2) is 47.3 Å². The maximum atomic E-state index is 12.8. The molecule has 0 unspecified atom stereocenters. The van der Waals surface area contributed by atoms with Gasteiger partial charge in [0.2, 0.25) is 5.88 Å². The molecule has 1 fully saturated rings. The minimum absolute atomic E-state index is 0.102. The van der Waals surface area contributed by atoms with Crippen LogP contribution in [0.25, 0.3) is 16.5 Å². The molecule has 2 aromatic carbocycles. The van der Waals surface area contributed by atoms with Crippen molar-refractivity contribution in [3.8, 4) is 11.6 Å². The second-order valence-corrected chi connectivity index (χ2v) is 6.39. The lowest BCUT2D eigenvalue weighted by Gasteiger charge is -2.11. The summed E-state index contributed by atoms with van der Waals surface area (Å²) in [6.07, 6.45) is 3.15. The summed E-state index contributed by atoms with van der Waals surface area (Å²) in [4.78, 5) is 12.8. The molecule has 0 saturated heterocycles. The molecule has 2 bridgehead atoms. The zero-order chi connectivity index (χ0) is 14.8. The van der Waals surface area contributed by atoms with Crippen LogP contribution in [0.2, 0.25) is 0 Å². The van der Waals surface area contributed by atoms with Crippen LogP contribution in [0, 0.1) is 0 Å². The van der Waals surface area contributed by atoms with Crippen molar-refractivity contribution in [2.45, 2.75) is 31.2 Å². The molecular formula is C18H16N2O2. The van der Waals surface area contributed by atoms with E-state index in [0.29, 0.717) is 5.92 Å². The lowest BCUT2D eigenvalue weighted by Crippen LogP contribution is -2.25. The molecular weight excluding hydrogens is 276 g/mol. The molecule has 4 heteroatoms. The smallest absolute Gasteiger partial charge is 0.336 e. The summed E-state index contributed by atoms with van der Waals surface area (Å²) in [5.74, 6) is 0.479. The van der Waals surface area contributed by atoms with Gasteiger partial charge in [-0.05, 0) is 42.2 Å². The van der Waals surface area contributed by atoms with E-state index in [0.717, 1.165) is 41.4 Å². The van der Waals surface area contributed by atoms with Gasteiger partial charge in [-0.25, -0.2) is 9.36 Å². The molecule has 110 valence electrons. The summed E-state index contributed by atoms with van der Waals surface area (Å²) in [5.41, 5.74) is 1.48. The Morgan fingerprint density at radius 3 is 2.68 bits per heavy atom. The molecule has 0 amide bonds. The molecule has 1 saturated carbocycles. The second-order valence-electron chi connectivity index (χ2n) is 6.39. The fourth-order valence-corrected chi connectivity index (χ4v) is 4.24. The van der Waals surface area contributed by atoms with Gasteiger partial charge in [0.1, 0.15) is 0 Å². The number of aromatic nitrogens is 2. The van der Waals surface area contributed by atoms with Crippen molar-refractivity contribution < 1.29 is 5.11 Å². The van der Waals surface area contributed by atoms with Gasteiger partial charge in [-0.3, -0.25) is 4.57 Å². The van der Waals surface area contributed by atoms with Gasteiger partial charge in [0, 0.05) is 12.0 Å². The Bertz CT molecular complexity index is 967. The number of hydrogen-bond donors (Lipinski definition) is 1. The van der Waals surface area contributed by atoms with Crippen LogP contribution < -0.4 is 5.69 Å². The van der Waals surface area contributed by atoms with Crippen molar-refractivity contribution in [1.82, 2.24) is 9.13 Å². The van der Waals surface area contributed by atoms with Gasteiger partial charge in [-0.2, -0.15) is 0 Å². The first-order chi connectivity index (χ1) is 10.7. The largest absolute Gasteiger partial charge is 0.493 e. The monoisotopic (exact) mass is 292 g/mol. The summed E-state index contributed by atoms with van der Waals surface area (Å²) in [6.45, 7) is 0. The quantitative estimate of drug-likeness (QED) is 0.748. The fraction of sp³-hybridized carbons (Fsp3) is 0.278. The molecule has 2 aliphatic rings. The van der Waals surface area contributed by atoms with E-state index in [-0.39, 0.29) is 17.6 Å². The molecule has 4 nitrogen and oxygen atoms in total. The molecule has 1 aliphatic heterocycles. The molecule has 1 aliphatic carbocycles. The average Bonchev–Trinajstić information content (AvgIpc) is 3.21. The molecule has 3 aromatic rings. The van der Waals surface area contributed by atoms with E-state index in [4.69, 9.17) is 0 Å². The van der Waals surface area contributed by atoms with E-state index in [1.54, 1.807) is 0 Å². The number of nitrogens with zero attached hydrogens (tertiary/aromatic N) is 2. The van der Waals surface area contributed by atoms with Crippen LogP contribution in [-0.4, -0.2) is 14.2 Å². The summed E-state index contributed by atoms with van der Waals surface area (Å²) in [7, 11) is 0. The summed E-state index contributed by atoms with van der Waals surface area (Å²) >= 11 is 0. The highest BCUT2D eigenvalue weighted by molar-refractivity contribution is 5.84. The zero-order valence-corrected chi connectivity index (χ0v) is 12.1. The zero-order valence-electron chi connectivity index (χ0n) is 12.1. The Labute approximate surface area is 127 Å². The highest BCUT2D eigenvalue weighted by Crippen LogP contribution is 2.50. The first-order valence-corrected chi connectivity index (χ1v) is 7.79. The van der Waals surface area contributed by atoms with Gasteiger partial charge in [0.25, 0.3) is 0 Å². The Morgan fingerprint density at radius 1 is 1.05 bits per heavy atom. The molecule has 0 spiro atoms. The van der Waals surface area contributed by atoms with Gasteiger partial charge < -0.3 is 5.11 Å². The third-order valence-corrected chi connectivity index (χ3v) is 5.25. The highest BCUT2D eigenvalue weighted by atomic mass is 16.3. The normalized spacial score (nSPS) is 22.4. The molecule has 0 radical (unpaired) electrons. The van der Waals surface area contributed by atoms with Crippen LogP contribution in [0.1, 0.15) is 36.9 Å². The van der Waals surface area contributed by atoms with Crippen molar-refractivity contribution in [3.63, 3.8) is 0 Å². The number of imidazole rings is 1. The van der Waals surface area contributed by atoms with Crippen molar-refractivity contribution in [3.05, 3.63) is 58.6 Å². The Balaban J connectivity index is 1.77. The molecule has 1 N–H and O–H groups in total. The van der Waals surface area contributed by atoms with E-state index in [2.05, 4.69) is 0 Å². The van der Waals surface area contributed by atoms with Gasteiger partial charge in [-0.1, -0.05) is 30.3 Å². The van der Waals surface area contributed by atoms with E-state index in [1.165, 1.54) is 4.57 Å². The Morgan fingerprint density at radius 2 is 1.86 bits per heavy atom. The molecule has 2 atom stereocenters. The fourth-order valence-electron chi connectivity index (χ4n) is 4.24. The number of aromatic hydroxyl groups is 1. The standard InChI is InChI=1S/C18H16N2O2/c21-17-16-13-6-8-14(10-13)19(16)18(22)20(17)15-7-5-11-3-1-2-4-12(11)9-15/h1-5,7,9,13-14,21H,6,8,10H2/t13-,14+/m1/s1. The first kappa shape index (κ1) is 12.1. The third kappa shape index (κ3) is 1.39. The Hall–Kier alpha value is -2.49. The lowest BCUT2D eigenvalue weighted by molar-refractivity contribution is 0.428. The summed E-state index contributed by atoms with van der Waals surface area (Å²) in [5, 5.41) is 12.8. The van der Waals surface area contributed by atoms with Gasteiger partial charge in [0.15, 0.2) is 0 Å². The van der Waals surface area contributed by atoms with Gasteiger partial charge in [-0.15, -0.1) is 0 Å². The lowest BCUT2D eigenvalue weighted by atomic mass is 10.1. The summed E-state index contributed by atoms with van der Waals surface area (Å²) in [6, 6.07) is 14.2. The van der Waals surface area contributed by atoms with E-state index >= 15 is 0 Å². The van der Waals surface area contributed by atoms with Crippen molar-refractivity contribution >= 4 is 10.8 Å². The minimum Gasteiger partial charge on any atom is -0.493 e. The highest BCUT2D eigenvalue weighted by Gasteiger charge is 2.42. The number of rotatable bonds is 1. The van der Waals surface area contributed by atoms with E-state index in [9.17, 15) is 9.90 Å². The molecule has 22 heavy (non-hydrogen) atoms. The van der Waals surface area contributed by atoms with E-state index in [1.807, 2.05) is 47.0 Å². The van der Waals surface area contributed by atoms with Crippen LogP contribution in [0.5, 0.6) is 5.88 Å². The predicted octanol–water partition coefficient (Wildman–Crippen LogP) is 3.32. The summed E-state index contributed by atoms with van der Waals surface area (Å²) < 4.78 is 3.28. The van der Waals surface area contributed by atoms with Crippen LogP contribution in [0.4, 0.5) is 0 Å².